The van der Waals surface area contributed by atoms with Gasteiger partial charge in [-0.25, -0.2) is 4.98 Å². The summed E-state index contributed by atoms with van der Waals surface area (Å²) in [6.07, 6.45) is 0. The van der Waals surface area contributed by atoms with Crippen molar-refractivity contribution < 1.29 is 0 Å². The summed E-state index contributed by atoms with van der Waals surface area (Å²) >= 11 is 11.9. The van der Waals surface area contributed by atoms with Crippen molar-refractivity contribution in [3.63, 3.8) is 0 Å². The van der Waals surface area contributed by atoms with Crippen LogP contribution in [0.3, 0.4) is 0 Å². The smallest absolute Gasteiger partial charge is 0.132 e. The Hall–Kier alpha value is -0.270. The maximum atomic E-state index is 6.03. The molecule has 3 heteroatoms. The number of hydrogen-bond donors (Lipinski definition) is 0. The Bertz CT molecular complexity index is 340. The lowest BCUT2D eigenvalue weighted by molar-refractivity contribution is 0.568. The average molecular weight is 232 g/mol. The van der Waals surface area contributed by atoms with Crippen LogP contribution in [0.1, 0.15) is 37.6 Å². The van der Waals surface area contributed by atoms with Gasteiger partial charge in [0.15, 0.2) is 0 Å². The topological polar surface area (TPSA) is 12.9 Å². The van der Waals surface area contributed by atoms with Crippen LogP contribution in [0, 0.1) is 6.92 Å². The first kappa shape index (κ1) is 11.8. The van der Waals surface area contributed by atoms with E-state index in [0.29, 0.717) is 11.0 Å². The molecule has 1 rings (SSSR count). The summed E-state index contributed by atoms with van der Waals surface area (Å²) in [5.74, 6) is 0.483. The predicted octanol–water partition coefficient (Wildman–Crippen LogP) is 4.08. The van der Waals surface area contributed by atoms with Gasteiger partial charge in [0.2, 0.25) is 0 Å². The van der Waals surface area contributed by atoms with Crippen molar-refractivity contribution in [2.24, 2.45) is 0 Å². The Kier molecular flexibility index (Phi) is 3.44. The third kappa shape index (κ3) is 2.40. The maximum absolute atomic E-state index is 6.03. The summed E-state index contributed by atoms with van der Waals surface area (Å²) in [6.45, 7) is 8.27. The summed E-state index contributed by atoms with van der Waals surface area (Å²) in [5, 5.41) is 0.563. The Balaban J connectivity index is 3.30. The molecule has 0 aliphatic carbocycles. The third-order valence-electron chi connectivity index (χ3n) is 2.23. The minimum Gasteiger partial charge on any atom is -0.240 e. The maximum Gasteiger partial charge on any atom is 0.132 e. The van der Waals surface area contributed by atoms with Gasteiger partial charge in [0.1, 0.15) is 5.15 Å². The molecule has 0 saturated heterocycles. The van der Waals surface area contributed by atoms with Crippen LogP contribution in [0.4, 0.5) is 0 Å². The van der Waals surface area contributed by atoms with E-state index in [1.54, 1.807) is 0 Å². The molecule has 0 aliphatic rings. The van der Waals surface area contributed by atoms with Crippen LogP contribution in [0.15, 0.2) is 6.07 Å². The fourth-order valence-corrected chi connectivity index (χ4v) is 1.64. The minimum absolute atomic E-state index is 0.0121. The normalized spacial score (nSPS) is 11.9. The Morgan fingerprint density at radius 3 is 2.36 bits per heavy atom. The van der Waals surface area contributed by atoms with Crippen LogP contribution in [0.5, 0.6) is 0 Å². The predicted molar refractivity (Wildman–Crippen MR) is 62.2 cm³/mol. The van der Waals surface area contributed by atoms with E-state index in [0.717, 1.165) is 16.8 Å². The molecule has 0 radical (unpaired) electrons. The molecule has 0 bridgehead atoms. The van der Waals surface area contributed by atoms with Gasteiger partial charge in [-0.1, -0.05) is 32.4 Å². The van der Waals surface area contributed by atoms with E-state index in [9.17, 15) is 0 Å². The fraction of sp³-hybridized carbons (Fsp3) is 0.545. The molecule has 78 valence electrons. The molecule has 0 aliphatic heterocycles. The van der Waals surface area contributed by atoms with E-state index in [-0.39, 0.29) is 5.41 Å². The zero-order valence-corrected chi connectivity index (χ0v) is 10.5. The monoisotopic (exact) mass is 231 g/mol. The van der Waals surface area contributed by atoms with E-state index >= 15 is 0 Å². The van der Waals surface area contributed by atoms with Crippen LogP contribution in [-0.4, -0.2) is 4.98 Å². The molecule has 0 amide bonds. The number of aromatic nitrogens is 1. The Labute approximate surface area is 95.4 Å². The Morgan fingerprint density at radius 2 is 1.93 bits per heavy atom. The fourth-order valence-electron chi connectivity index (χ4n) is 1.15. The molecule has 14 heavy (non-hydrogen) atoms. The summed E-state index contributed by atoms with van der Waals surface area (Å²) < 4.78 is 0. The quantitative estimate of drug-likeness (QED) is 0.525. The summed E-state index contributed by atoms with van der Waals surface area (Å²) in [5.41, 5.74) is 3.05. The highest BCUT2D eigenvalue weighted by Gasteiger charge is 2.18. The molecule has 0 atom stereocenters. The van der Waals surface area contributed by atoms with Crippen molar-refractivity contribution in [3.05, 3.63) is 28.0 Å². The van der Waals surface area contributed by atoms with Crippen molar-refractivity contribution in [1.82, 2.24) is 4.98 Å². The van der Waals surface area contributed by atoms with Gasteiger partial charge in [-0.2, -0.15) is 0 Å². The molecular weight excluding hydrogens is 217 g/mol. The van der Waals surface area contributed by atoms with Crippen LogP contribution >= 0.6 is 23.2 Å². The molecular formula is C11H15Cl2N. The second-order valence-electron chi connectivity index (χ2n) is 4.47. The highest BCUT2D eigenvalue weighted by Crippen LogP contribution is 2.26. The van der Waals surface area contributed by atoms with Gasteiger partial charge in [0, 0.05) is 17.0 Å². The first-order valence-electron chi connectivity index (χ1n) is 4.58. The zero-order chi connectivity index (χ0) is 10.9. The molecule has 0 spiro atoms. The molecule has 1 aromatic heterocycles. The van der Waals surface area contributed by atoms with E-state index in [1.807, 2.05) is 13.0 Å². The molecule has 1 heterocycles. The highest BCUT2D eigenvalue weighted by atomic mass is 35.5. The number of alkyl halides is 1. The van der Waals surface area contributed by atoms with Gasteiger partial charge >= 0.3 is 0 Å². The average Bonchev–Trinajstić information content (AvgIpc) is 2.07. The lowest BCUT2D eigenvalue weighted by Gasteiger charge is -2.19. The summed E-state index contributed by atoms with van der Waals surface area (Å²) in [6, 6.07) is 2.04. The zero-order valence-electron chi connectivity index (χ0n) is 8.99. The number of hydrogen-bond acceptors (Lipinski definition) is 1. The van der Waals surface area contributed by atoms with Crippen LogP contribution in [0.25, 0.3) is 0 Å². The van der Waals surface area contributed by atoms with E-state index < -0.39 is 0 Å². The molecule has 1 aromatic rings. The van der Waals surface area contributed by atoms with Crippen LogP contribution in [0.2, 0.25) is 5.15 Å². The largest absolute Gasteiger partial charge is 0.240 e. The van der Waals surface area contributed by atoms with Crippen molar-refractivity contribution in [1.29, 1.82) is 0 Å². The lowest BCUT2D eigenvalue weighted by Crippen LogP contribution is -2.14. The Morgan fingerprint density at radius 1 is 1.36 bits per heavy atom. The number of nitrogens with zero attached hydrogens (tertiary/aromatic N) is 1. The van der Waals surface area contributed by atoms with Gasteiger partial charge < -0.3 is 0 Å². The second kappa shape index (κ2) is 4.08. The van der Waals surface area contributed by atoms with E-state index in [1.165, 1.54) is 0 Å². The third-order valence-corrected chi connectivity index (χ3v) is 2.89. The highest BCUT2D eigenvalue weighted by molar-refractivity contribution is 6.30. The van der Waals surface area contributed by atoms with E-state index in [4.69, 9.17) is 23.2 Å². The summed E-state index contributed by atoms with van der Waals surface area (Å²) in [7, 11) is 0. The molecule has 0 N–H and O–H groups in total. The SMILES string of the molecule is Cc1c(CCl)cc(C(C)(C)C)nc1Cl. The second-order valence-corrected chi connectivity index (χ2v) is 5.09. The molecule has 0 fully saturated rings. The van der Waals surface area contributed by atoms with Crippen molar-refractivity contribution in [2.45, 2.75) is 39.0 Å². The number of rotatable bonds is 1. The van der Waals surface area contributed by atoms with E-state index in [2.05, 4.69) is 25.8 Å². The van der Waals surface area contributed by atoms with Crippen molar-refractivity contribution >= 4 is 23.2 Å². The molecule has 0 saturated carbocycles. The number of pyridine rings is 1. The van der Waals surface area contributed by atoms with Crippen LogP contribution in [-0.2, 0) is 11.3 Å². The van der Waals surface area contributed by atoms with Crippen molar-refractivity contribution in [3.8, 4) is 0 Å². The lowest BCUT2D eigenvalue weighted by atomic mass is 9.90. The van der Waals surface area contributed by atoms with Gasteiger partial charge in [-0.05, 0) is 24.1 Å². The first-order valence-corrected chi connectivity index (χ1v) is 5.50. The van der Waals surface area contributed by atoms with Gasteiger partial charge in [0.05, 0.1) is 0 Å². The standard InChI is InChI=1S/C11H15Cl2N/c1-7-8(6-12)5-9(11(2,3)4)14-10(7)13/h5H,6H2,1-4H3. The minimum atomic E-state index is 0.0121. The van der Waals surface area contributed by atoms with Gasteiger partial charge in [0.25, 0.3) is 0 Å². The van der Waals surface area contributed by atoms with Crippen molar-refractivity contribution in [2.75, 3.05) is 0 Å². The summed E-state index contributed by atoms with van der Waals surface area (Å²) in [4.78, 5) is 4.36. The molecule has 1 nitrogen and oxygen atoms in total. The first-order chi connectivity index (χ1) is 6.36. The molecule has 0 aromatic carbocycles. The molecule has 0 unspecified atom stereocenters. The van der Waals surface area contributed by atoms with Gasteiger partial charge in [-0.15, -0.1) is 11.6 Å². The number of halogens is 2. The van der Waals surface area contributed by atoms with Gasteiger partial charge in [-0.3, -0.25) is 0 Å². The van der Waals surface area contributed by atoms with Crippen LogP contribution < -0.4 is 0 Å².